The van der Waals surface area contributed by atoms with Gasteiger partial charge in [-0.3, -0.25) is 9.69 Å². The highest BCUT2D eigenvalue weighted by molar-refractivity contribution is 6.02. The van der Waals surface area contributed by atoms with E-state index >= 15 is 0 Å². The number of benzene rings is 3. The first-order valence-corrected chi connectivity index (χ1v) is 13.7. The molecule has 8 nitrogen and oxygen atoms in total. The number of aromatic nitrogens is 3. The Morgan fingerprint density at radius 3 is 2.34 bits per heavy atom. The highest BCUT2D eigenvalue weighted by Gasteiger charge is 2.38. The number of alkyl halides is 3. The van der Waals surface area contributed by atoms with E-state index in [1.54, 1.807) is 40.1 Å². The third-order valence-corrected chi connectivity index (χ3v) is 7.32. The van der Waals surface area contributed by atoms with Crippen molar-refractivity contribution < 1.29 is 31.9 Å². The Morgan fingerprint density at radius 1 is 0.932 bits per heavy atom. The summed E-state index contributed by atoms with van der Waals surface area (Å²) in [6, 6.07) is 15.6. The van der Waals surface area contributed by atoms with Gasteiger partial charge in [-0.25, -0.2) is 18.4 Å². The molecule has 0 spiro atoms. The lowest BCUT2D eigenvalue weighted by Crippen LogP contribution is -2.52. The Kier molecular flexibility index (Phi) is 9.06. The lowest BCUT2D eigenvalue weighted by Gasteiger charge is -2.41. The molecule has 1 aliphatic rings. The van der Waals surface area contributed by atoms with E-state index in [4.69, 9.17) is 0 Å². The third kappa shape index (κ3) is 7.47. The molecule has 1 unspecified atom stereocenters. The number of aliphatic hydroxyl groups is 1. The number of nitrogens with zero attached hydrogens (tertiary/aromatic N) is 5. The maximum Gasteiger partial charge on any atom is 0.418 e. The molecule has 4 aromatic rings. The average Bonchev–Trinajstić information content (AvgIpc) is 3.49. The van der Waals surface area contributed by atoms with Crippen molar-refractivity contribution >= 4 is 23.4 Å². The normalized spacial score (nSPS) is 15.8. The van der Waals surface area contributed by atoms with Gasteiger partial charge in [0.2, 0.25) is 5.91 Å². The van der Waals surface area contributed by atoms with Crippen LogP contribution in [-0.4, -0.2) is 63.4 Å². The van der Waals surface area contributed by atoms with E-state index < -0.39 is 34.9 Å². The van der Waals surface area contributed by atoms with Crippen molar-refractivity contribution in [2.24, 2.45) is 0 Å². The van der Waals surface area contributed by atoms with Gasteiger partial charge in [0.05, 0.1) is 12.1 Å². The van der Waals surface area contributed by atoms with E-state index in [1.807, 2.05) is 6.07 Å². The second-order valence-electron chi connectivity index (χ2n) is 10.5. The highest BCUT2D eigenvalue weighted by Crippen LogP contribution is 2.39. The number of amides is 1. The molecule has 1 fully saturated rings. The van der Waals surface area contributed by atoms with Gasteiger partial charge in [-0.1, -0.05) is 36.4 Å². The summed E-state index contributed by atoms with van der Waals surface area (Å²) < 4.78 is 72.2. The molecular formula is C31H29F5N6O2. The molecule has 0 saturated carbocycles. The fourth-order valence-electron chi connectivity index (χ4n) is 5.22. The maximum absolute atomic E-state index is 14.8. The van der Waals surface area contributed by atoms with Gasteiger partial charge in [-0.15, -0.1) is 0 Å². The lowest BCUT2D eigenvalue weighted by atomic mass is 9.92. The molecule has 230 valence electrons. The van der Waals surface area contributed by atoms with Gasteiger partial charge in [0.1, 0.15) is 29.9 Å². The number of hydrogen-bond acceptors (Lipinski definition) is 6. The molecule has 44 heavy (non-hydrogen) atoms. The molecule has 0 bridgehead atoms. The number of carbonyl (C=O) groups excluding carboxylic acids is 1. The number of β-amino-alcohol motifs (C(OH)–C–C–N with tert-alkyl or cyclic N) is 1. The number of nitrogens with one attached hydrogen (secondary N) is 1. The van der Waals surface area contributed by atoms with Crippen LogP contribution in [0.15, 0.2) is 85.5 Å². The van der Waals surface area contributed by atoms with Gasteiger partial charge in [0.15, 0.2) is 0 Å². The molecule has 1 aromatic heterocycles. The van der Waals surface area contributed by atoms with E-state index in [0.29, 0.717) is 6.07 Å². The molecule has 2 heterocycles. The largest absolute Gasteiger partial charge is 0.418 e. The van der Waals surface area contributed by atoms with Crippen molar-refractivity contribution in [2.45, 2.75) is 18.3 Å². The monoisotopic (exact) mass is 612 g/mol. The Hall–Kier alpha value is -4.62. The molecule has 13 heteroatoms. The Labute approximate surface area is 250 Å². The van der Waals surface area contributed by atoms with E-state index in [0.717, 1.165) is 17.7 Å². The molecule has 0 aliphatic carbocycles. The minimum atomic E-state index is -4.69. The Morgan fingerprint density at radius 2 is 1.68 bits per heavy atom. The van der Waals surface area contributed by atoms with Crippen molar-refractivity contribution in [2.75, 3.05) is 42.9 Å². The molecule has 1 amide bonds. The summed E-state index contributed by atoms with van der Waals surface area (Å²) in [7, 11) is 0. The standard InChI is InChI=1S/C31H29F5N6O2/c32-23-7-9-25(27(33)16-23)30(44,19-42-21-37-20-38-42)18-40-12-14-41(15-13-40)28-10-8-24(17-26(28)31(34,35)36)39-29(43)11-6-22-4-2-1-3-5-22/h1-11,16-17,20-21,44H,12-15,18-19H2,(H,39,43)/b11-6+. The van der Waals surface area contributed by atoms with Gasteiger partial charge >= 0.3 is 6.18 Å². The quantitative estimate of drug-likeness (QED) is 0.206. The summed E-state index contributed by atoms with van der Waals surface area (Å²) in [6.07, 6.45) is 0.736. The molecule has 0 radical (unpaired) electrons. The van der Waals surface area contributed by atoms with Crippen molar-refractivity contribution in [1.82, 2.24) is 19.7 Å². The molecule has 2 N–H and O–H groups in total. The van der Waals surface area contributed by atoms with Crippen LogP contribution in [0.5, 0.6) is 0 Å². The van der Waals surface area contributed by atoms with Crippen LogP contribution in [0, 0.1) is 11.6 Å². The van der Waals surface area contributed by atoms with E-state index in [9.17, 15) is 31.9 Å². The minimum absolute atomic E-state index is 0.00178. The summed E-state index contributed by atoms with van der Waals surface area (Å²) >= 11 is 0. The highest BCUT2D eigenvalue weighted by atomic mass is 19.4. The molecule has 1 aliphatic heterocycles. The summed E-state index contributed by atoms with van der Waals surface area (Å²) in [5.41, 5.74) is -2.13. The first-order valence-electron chi connectivity index (χ1n) is 13.7. The van der Waals surface area contributed by atoms with Crippen molar-refractivity contribution in [3.63, 3.8) is 0 Å². The zero-order valence-corrected chi connectivity index (χ0v) is 23.4. The van der Waals surface area contributed by atoms with Crippen LogP contribution >= 0.6 is 0 Å². The number of hydrogen-bond donors (Lipinski definition) is 2. The topological polar surface area (TPSA) is 86.5 Å². The fourth-order valence-corrected chi connectivity index (χ4v) is 5.22. The van der Waals surface area contributed by atoms with Crippen molar-refractivity contribution in [3.8, 4) is 0 Å². The van der Waals surface area contributed by atoms with Gasteiger partial charge in [-0.05, 0) is 35.9 Å². The van der Waals surface area contributed by atoms with E-state index in [1.165, 1.54) is 41.6 Å². The maximum atomic E-state index is 14.8. The predicted molar refractivity (Wildman–Crippen MR) is 154 cm³/mol. The van der Waals surface area contributed by atoms with Crippen LogP contribution in [0.25, 0.3) is 6.08 Å². The van der Waals surface area contributed by atoms with Crippen LogP contribution in [0.4, 0.5) is 33.3 Å². The fraction of sp³-hybridized carbons (Fsp3) is 0.258. The Balaban J connectivity index is 1.29. The molecule has 1 atom stereocenters. The van der Waals surface area contributed by atoms with Crippen LogP contribution in [-0.2, 0) is 23.1 Å². The first kappa shape index (κ1) is 30.8. The first-order chi connectivity index (χ1) is 21.0. The zero-order chi connectivity index (χ0) is 31.3. The van der Waals surface area contributed by atoms with Gasteiger partial charge in [0.25, 0.3) is 0 Å². The average molecular weight is 613 g/mol. The third-order valence-electron chi connectivity index (χ3n) is 7.32. The van der Waals surface area contributed by atoms with Gasteiger partial charge in [0, 0.05) is 61.8 Å². The summed E-state index contributed by atoms with van der Waals surface area (Å²) in [4.78, 5) is 19.6. The number of halogens is 5. The summed E-state index contributed by atoms with van der Waals surface area (Å²) in [5.74, 6) is -2.29. The van der Waals surface area contributed by atoms with Crippen LogP contribution in [0.3, 0.4) is 0 Å². The second kappa shape index (κ2) is 12.9. The second-order valence-corrected chi connectivity index (χ2v) is 10.5. The van der Waals surface area contributed by atoms with Crippen LogP contribution < -0.4 is 10.2 Å². The predicted octanol–water partition coefficient (Wildman–Crippen LogP) is 4.94. The minimum Gasteiger partial charge on any atom is -0.382 e. The van der Waals surface area contributed by atoms with Crippen LogP contribution in [0.1, 0.15) is 16.7 Å². The van der Waals surface area contributed by atoms with E-state index in [-0.39, 0.29) is 56.2 Å². The number of carbonyl (C=O) groups is 1. The number of piperazine rings is 1. The zero-order valence-electron chi connectivity index (χ0n) is 23.4. The summed E-state index contributed by atoms with van der Waals surface area (Å²) in [6.45, 7) is 0.601. The van der Waals surface area contributed by atoms with Crippen molar-refractivity contribution in [1.29, 1.82) is 0 Å². The van der Waals surface area contributed by atoms with Crippen molar-refractivity contribution in [3.05, 3.63) is 114 Å². The molecular weight excluding hydrogens is 583 g/mol. The smallest absolute Gasteiger partial charge is 0.382 e. The Bertz CT molecular complexity index is 1610. The molecule has 5 rings (SSSR count). The van der Waals surface area contributed by atoms with Crippen LogP contribution in [0.2, 0.25) is 0 Å². The number of rotatable bonds is 9. The van der Waals surface area contributed by atoms with Gasteiger partial charge < -0.3 is 15.3 Å². The summed E-state index contributed by atoms with van der Waals surface area (Å²) in [5, 5.41) is 18.1. The van der Waals surface area contributed by atoms with Gasteiger partial charge in [-0.2, -0.15) is 18.3 Å². The lowest BCUT2D eigenvalue weighted by molar-refractivity contribution is -0.137. The number of anilines is 2. The van der Waals surface area contributed by atoms with E-state index in [2.05, 4.69) is 15.4 Å². The molecule has 3 aromatic carbocycles. The SMILES string of the molecule is O=C(/C=C/c1ccccc1)Nc1ccc(N2CCN(CC(O)(Cn3cncn3)c3ccc(F)cc3F)CC2)c(C(F)(F)F)c1. The molecule has 1 saturated heterocycles.